The van der Waals surface area contributed by atoms with E-state index in [4.69, 9.17) is 10.5 Å². The minimum absolute atomic E-state index is 0.0483. The molecule has 1 amide bonds. The maximum atomic E-state index is 12.2. The van der Waals surface area contributed by atoms with Gasteiger partial charge in [0.2, 0.25) is 0 Å². The molecule has 0 radical (unpaired) electrons. The van der Waals surface area contributed by atoms with Crippen LogP contribution in [0.2, 0.25) is 0 Å². The summed E-state index contributed by atoms with van der Waals surface area (Å²) < 4.78 is 4.98. The second-order valence-electron chi connectivity index (χ2n) is 6.32. The molecule has 8 heteroatoms. The maximum absolute atomic E-state index is 12.2. The number of esters is 1. The van der Waals surface area contributed by atoms with Crippen LogP contribution < -0.4 is 11.1 Å². The van der Waals surface area contributed by atoms with Gasteiger partial charge in [-0.3, -0.25) is 14.9 Å². The number of non-ortho nitro benzene ring substituents is 1. The fourth-order valence-electron chi connectivity index (χ4n) is 3.18. The molecular weight excluding hydrogens is 350 g/mol. The topological polar surface area (TPSA) is 125 Å². The van der Waals surface area contributed by atoms with Crippen LogP contribution in [0.4, 0.5) is 11.4 Å². The highest BCUT2D eigenvalue weighted by atomic mass is 16.6. The number of carbonyl (C=O) groups is 2. The smallest absolute Gasteiger partial charge is 0.341 e. The van der Waals surface area contributed by atoms with Crippen LogP contribution in [0.1, 0.15) is 40.4 Å². The molecule has 1 atom stereocenters. The van der Waals surface area contributed by atoms with Gasteiger partial charge >= 0.3 is 5.97 Å². The van der Waals surface area contributed by atoms with Crippen molar-refractivity contribution in [2.75, 3.05) is 12.3 Å². The van der Waals surface area contributed by atoms with Crippen molar-refractivity contribution in [3.8, 4) is 0 Å². The molecule has 0 saturated heterocycles. The van der Waals surface area contributed by atoms with Crippen LogP contribution in [0.25, 0.3) is 0 Å². The Labute approximate surface area is 155 Å². The molecule has 0 spiro atoms. The van der Waals surface area contributed by atoms with Gasteiger partial charge in [0.05, 0.1) is 16.5 Å². The van der Waals surface area contributed by atoms with Crippen LogP contribution in [0.5, 0.6) is 0 Å². The van der Waals surface area contributed by atoms with Gasteiger partial charge in [-0.1, -0.05) is 24.3 Å². The van der Waals surface area contributed by atoms with E-state index in [2.05, 4.69) is 5.32 Å². The summed E-state index contributed by atoms with van der Waals surface area (Å²) in [7, 11) is 0. The number of ether oxygens (including phenoxy) is 1. The molecule has 27 heavy (non-hydrogen) atoms. The third kappa shape index (κ3) is 4.22. The molecular formula is C19H19N3O5. The summed E-state index contributed by atoms with van der Waals surface area (Å²) in [6.45, 7) is -0.486. The highest BCUT2D eigenvalue weighted by Gasteiger charge is 2.22. The Morgan fingerprint density at radius 2 is 2.04 bits per heavy atom. The maximum Gasteiger partial charge on any atom is 0.341 e. The first-order valence-electron chi connectivity index (χ1n) is 8.54. The van der Waals surface area contributed by atoms with Gasteiger partial charge in [0, 0.05) is 17.8 Å². The molecule has 0 bridgehead atoms. The Bertz CT molecular complexity index is 897. The summed E-state index contributed by atoms with van der Waals surface area (Å²) in [5.41, 5.74) is 7.59. The monoisotopic (exact) mass is 369 g/mol. The van der Waals surface area contributed by atoms with Gasteiger partial charge < -0.3 is 15.8 Å². The molecule has 3 rings (SSSR count). The summed E-state index contributed by atoms with van der Waals surface area (Å²) in [5.74, 6) is -1.32. The predicted octanol–water partition coefficient (Wildman–Crippen LogP) is 2.53. The number of hydrogen-bond acceptors (Lipinski definition) is 6. The molecule has 0 aliphatic heterocycles. The third-order valence-electron chi connectivity index (χ3n) is 4.51. The zero-order chi connectivity index (χ0) is 19.4. The number of nitrogens with two attached hydrogens (primary N) is 1. The quantitative estimate of drug-likeness (QED) is 0.361. The Morgan fingerprint density at radius 3 is 2.81 bits per heavy atom. The first-order chi connectivity index (χ1) is 13.0. The number of aryl methyl sites for hydroxylation is 1. The molecule has 0 fully saturated rings. The number of benzene rings is 2. The van der Waals surface area contributed by atoms with E-state index in [-0.39, 0.29) is 23.0 Å². The minimum Gasteiger partial charge on any atom is -0.452 e. The van der Waals surface area contributed by atoms with Crippen molar-refractivity contribution in [2.45, 2.75) is 25.3 Å². The molecule has 2 aromatic carbocycles. The SMILES string of the molecule is Nc1ccc([N+](=O)[O-])cc1C(=O)OCC(=O)N[C@@H]1CCCc2ccccc21. The third-order valence-corrected chi connectivity index (χ3v) is 4.51. The van der Waals surface area contributed by atoms with E-state index in [1.54, 1.807) is 0 Å². The van der Waals surface area contributed by atoms with Crippen molar-refractivity contribution in [2.24, 2.45) is 0 Å². The zero-order valence-corrected chi connectivity index (χ0v) is 14.5. The predicted molar refractivity (Wildman–Crippen MR) is 98.1 cm³/mol. The largest absolute Gasteiger partial charge is 0.452 e. The molecule has 8 nitrogen and oxygen atoms in total. The number of nitrogens with zero attached hydrogens (tertiary/aromatic N) is 1. The molecule has 2 aromatic rings. The van der Waals surface area contributed by atoms with Gasteiger partial charge in [-0.25, -0.2) is 4.79 Å². The number of hydrogen-bond donors (Lipinski definition) is 2. The highest BCUT2D eigenvalue weighted by molar-refractivity contribution is 5.97. The molecule has 3 N–H and O–H groups in total. The normalized spacial score (nSPS) is 15.5. The summed E-state index contributed by atoms with van der Waals surface area (Å²) in [6.07, 6.45) is 2.75. The van der Waals surface area contributed by atoms with E-state index >= 15 is 0 Å². The Morgan fingerprint density at radius 1 is 1.26 bits per heavy atom. The van der Waals surface area contributed by atoms with Crippen LogP contribution in [-0.4, -0.2) is 23.4 Å². The average Bonchev–Trinajstić information content (AvgIpc) is 2.66. The molecule has 0 saturated carbocycles. The first kappa shape index (κ1) is 18.4. The van der Waals surface area contributed by atoms with Gasteiger partial charge in [0.25, 0.3) is 11.6 Å². The minimum atomic E-state index is -0.879. The van der Waals surface area contributed by atoms with E-state index in [1.165, 1.54) is 17.7 Å². The highest BCUT2D eigenvalue weighted by Crippen LogP contribution is 2.29. The van der Waals surface area contributed by atoms with Crippen molar-refractivity contribution >= 4 is 23.3 Å². The molecule has 0 heterocycles. The fraction of sp³-hybridized carbons (Fsp3) is 0.263. The number of anilines is 1. The van der Waals surface area contributed by atoms with E-state index < -0.39 is 23.4 Å². The molecule has 0 aromatic heterocycles. The fourth-order valence-corrected chi connectivity index (χ4v) is 3.18. The van der Waals surface area contributed by atoms with E-state index in [0.717, 1.165) is 30.9 Å². The van der Waals surface area contributed by atoms with Crippen molar-refractivity contribution < 1.29 is 19.2 Å². The van der Waals surface area contributed by atoms with Crippen molar-refractivity contribution in [3.63, 3.8) is 0 Å². The van der Waals surface area contributed by atoms with Gasteiger partial charge in [-0.15, -0.1) is 0 Å². The summed E-state index contributed by atoms with van der Waals surface area (Å²) >= 11 is 0. The second-order valence-corrected chi connectivity index (χ2v) is 6.32. The second kappa shape index (κ2) is 7.86. The molecule has 0 unspecified atom stereocenters. The lowest BCUT2D eigenvalue weighted by molar-refractivity contribution is -0.384. The Balaban J connectivity index is 1.61. The Hall–Kier alpha value is -3.42. The Kier molecular flexibility index (Phi) is 5.35. The van der Waals surface area contributed by atoms with Crippen molar-refractivity contribution in [1.29, 1.82) is 0 Å². The zero-order valence-electron chi connectivity index (χ0n) is 14.5. The molecule has 1 aliphatic rings. The van der Waals surface area contributed by atoms with E-state index in [1.807, 2.05) is 24.3 Å². The van der Waals surface area contributed by atoms with Gasteiger partial charge in [-0.05, 0) is 36.5 Å². The van der Waals surface area contributed by atoms with Crippen LogP contribution in [0.3, 0.4) is 0 Å². The summed E-state index contributed by atoms with van der Waals surface area (Å²) in [5, 5.41) is 13.7. The first-order valence-corrected chi connectivity index (χ1v) is 8.54. The van der Waals surface area contributed by atoms with E-state index in [0.29, 0.717) is 0 Å². The van der Waals surface area contributed by atoms with Crippen LogP contribution in [0, 0.1) is 10.1 Å². The van der Waals surface area contributed by atoms with Crippen molar-refractivity contribution in [1.82, 2.24) is 5.32 Å². The van der Waals surface area contributed by atoms with Crippen LogP contribution in [-0.2, 0) is 16.0 Å². The standard InChI is InChI=1S/C19H19N3O5/c20-16-9-8-13(22(25)26)10-15(16)19(24)27-11-18(23)21-17-7-3-5-12-4-1-2-6-14(12)17/h1-2,4,6,8-10,17H,3,5,7,11,20H2,(H,21,23)/t17-/m1/s1. The van der Waals surface area contributed by atoms with Gasteiger partial charge in [0.1, 0.15) is 0 Å². The number of carbonyl (C=O) groups excluding carboxylic acids is 2. The lowest BCUT2D eigenvalue weighted by atomic mass is 9.88. The van der Waals surface area contributed by atoms with Gasteiger partial charge in [-0.2, -0.15) is 0 Å². The van der Waals surface area contributed by atoms with Gasteiger partial charge in [0.15, 0.2) is 6.61 Å². The van der Waals surface area contributed by atoms with Crippen LogP contribution in [0.15, 0.2) is 42.5 Å². The molecule has 140 valence electrons. The average molecular weight is 369 g/mol. The summed E-state index contributed by atoms with van der Waals surface area (Å²) in [6, 6.07) is 11.3. The number of nitrogen functional groups attached to an aromatic ring is 1. The number of amides is 1. The van der Waals surface area contributed by atoms with Crippen LogP contribution >= 0.6 is 0 Å². The lowest BCUT2D eigenvalue weighted by Gasteiger charge is -2.26. The summed E-state index contributed by atoms with van der Waals surface area (Å²) in [4.78, 5) is 34.5. The van der Waals surface area contributed by atoms with Crippen molar-refractivity contribution in [3.05, 3.63) is 69.3 Å². The molecule has 1 aliphatic carbocycles. The van der Waals surface area contributed by atoms with E-state index in [9.17, 15) is 19.7 Å². The number of rotatable bonds is 5. The number of fused-ring (bicyclic) bond motifs is 1. The number of nitrogens with one attached hydrogen (secondary N) is 1. The number of nitro groups is 1. The number of nitro benzene ring substituents is 1. The lowest BCUT2D eigenvalue weighted by Crippen LogP contribution is -2.34.